The minimum Gasteiger partial charge on any atom is -0.454 e. The van der Waals surface area contributed by atoms with Gasteiger partial charge in [-0.25, -0.2) is 0 Å². The van der Waals surface area contributed by atoms with E-state index in [-0.39, 0.29) is 12.7 Å². The number of amides is 1. The number of hydrogen-bond acceptors (Lipinski definition) is 6. The summed E-state index contributed by atoms with van der Waals surface area (Å²) in [5, 5.41) is 12.3. The van der Waals surface area contributed by atoms with Crippen LogP contribution in [-0.4, -0.2) is 22.9 Å². The van der Waals surface area contributed by atoms with Crippen LogP contribution in [-0.2, 0) is 11.2 Å². The van der Waals surface area contributed by atoms with Crippen LogP contribution in [0.3, 0.4) is 0 Å². The van der Waals surface area contributed by atoms with Gasteiger partial charge < -0.3 is 9.47 Å². The van der Waals surface area contributed by atoms with Crippen molar-refractivity contribution in [3.8, 4) is 11.5 Å². The summed E-state index contributed by atoms with van der Waals surface area (Å²) in [4.78, 5) is 11.9. The summed E-state index contributed by atoms with van der Waals surface area (Å²) in [5.74, 6) is 0.820. The molecule has 0 fully saturated rings. The van der Waals surface area contributed by atoms with Crippen LogP contribution in [0, 0.1) is 0 Å². The second-order valence-corrected chi connectivity index (χ2v) is 5.88. The first kappa shape index (κ1) is 14.8. The van der Waals surface area contributed by atoms with Gasteiger partial charge in [0.15, 0.2) is 11.5 Å². The van der Waals surface area contributed by atoms with Gasteiger partial charge in [0, 0.05) is 6.08 Å². The van der Waals surface area contributed by atoms with E-state index >= 15 is 0 Å². The first-order chi connectivity index (χ1) is 10.7. The average molecular weight is 338 g/mol. The van der Waals surface area contributed by atoms with Crippen molar-refractivity contribution in [1.82, 2.24) is 10.2 Å². The number of halogens is 1. The smallest absolute Gasteiger partial charge is 0.250 e. The highest BCUT2D eigenvalue weighted by atomic mass is 35.5. The quantitative estimate of drug-likeness (QED) is 0.868. The second-order valence-electron chi connectivity index (χ2n) is 4.41. The Morgan fingerprint density at radius 3 is 3.09 bits per heavy atom. The normalized spacial score (nSPS) is 12.8. The molecule has 2 aromatic rings. The molecule has 1 aliphatic heterocycles. The zero-order valence-electron chi connectivity index (χ0n) is 11.6. The first-order valence-electron chi connectivity index (χ1n) is 6.56. The van der Waals surface area contributed by atoms with E-state index in [0.717, 1.165) is 17.0 Å². The maximum atomic E-state index is 11.9. The average Bonchev–Trinajstić information content (AvgIpc) is 3.14. The fourth-order valence-electron chi connectivity index (χ4n) is 1.85. The Hall–Kier alpha value is -2.12. The molecule has 1 aliphatic rings. The molecule has 1 aromatic heterocycles. The molecular formula is C14H12ClN3O3S. The number of nitrogens with one attached hydrogen (secondary N) is 1. The van der Waals surface area contributed by atoms with Gasteiger partial charge in [0.2, 0.25) is 17.8 Å². The summed E-state index contributed by atoms with van der Waals surface area (Å²) >= 11 is 7.44. The van der Waals surface area contributed by atoms with Crippen molar-refractivity contribution in [3.05, 3.63) is 33.8 Å². The summed E-state index contributed by atoms with van der Waals surface area (Å²) in [7, 11) is 0. The summed E-state index contributed by atoms with van der Waals surface area (Å²) in [6, 6.07) is 3.47. The number of anilines is 1. The minimum atomic E-state index is -0.285. The second kappa shape index (κ2) is 6.33. The van der Waals surface area contributed by atoms with Gasteiger partial charge in [-0.2, -0.15) is 0 Å². The number of benzene rings is 1. The fraction of sp³-hybridized carbons (Fsp3) is 0.214. The van der Waals surface area contributed by atoms with Crippen LogP contribution in [0.25, 0.3) is 6.08 Å². The van der Waals surface area contributed by atoms with E-state index in [2.05, 4.69) is 15.5 Å². The maximum absolute atomic E-state index is 11.9. The molecule has 0 spiro atoms. The van der Waals surface area contributed by atoms with Crippen LogP contribution in [0.1, 0.15) is 17.5 Å². The Balaban J connectivity index is 1.68. The molecule has 8 heteroatoms. The summed E-state index contributed by atoms with van der Waals surface area (Å²) < 4.78 is 10.5. The molecule has 1 aromatic carbocycles. The Kier molecular flexibility index (Phi) is 4.26. The van der Waals surface area contributed by atoms with E-state index in [9.17, 15) is 4.79 Å². The van der Waals surface area contributed by atoms with E-state index in [4.69, 9.17) is 21.1 Å². The number of hydrogen-bond donors (Lipinski definition) is 1. The number of carbonyl (C=O) groups is 1. The third-order valence-electron chi connectivity index (χ3n) is 2.88. The molecule has 0 saturated heterocycles. The number of fused-ring (bicyclic) bond motifs is 1. The van der Waals surface area contributed by atoms with Gasteiger partial charge in [0.25, 0.3) is 0 Å². The lowest BCUT2D eigenvalue weighted by Gasteiger charge is -2.01. The van der Waals surface area contributed by atoms with Crippen LogP contribution >= 0.6 is 22.9 Å². The monoisotopic (exact) mass is 337 g/mol. The molecule has 0 radical (unpaired) electrons. The summed E-state index contributed by atoms with van der Waals surface area (Å²) in [5.41, 5.74) is 0.746. The molecule has 3 rings (SSSR count). The number of nitrogens with zero attached hydrogens (tertiary/aromatic N) is 2. The molecule has 0 saturated carbocycles. The molecular weight excluding hydrogens is 326 g/mol. The SMILES string of the molecule is CCc1nnc(NC(=O)C=Cc2cc(Cl)c3c(c2)OCO3)s1. The molecule has 1 N–H and O–H groups in total. The van der Waals surface area contributed by atoms with E-state index < -0.39 is 0 Å². The molecule has 0 bridgehead atoms. The predicted octanol–water partition coefficient (Wildman–Crippen LogP) is 3.13. The van der Waals surface area contributed by atoms with Crippen molar-refractivity contribution in [2.24, 2.45) is 0 Å². The van der Waals surface area contributed by atoms with Gasteiger partial charge in [-0.1, -0.05) is 29.9 Å². The lowest BCUT2D eigenvalue weighted by atomic mass is 10.2. The van der Waals surface area contributed by atoms with Gasteiger partial charge in [-0.15, -0.1) is 10.2 Å². The number of ether oxygens (including phenoxy) is 2. The molecule has 0 aliphatic carbocycles. The third kappa shape index (κ3) is 3.20. The summed E-state index contributed by atoms with van der Waals surface area (Å²) in [6.45, 7) is 2.13. The standard InChI is InChI=1S/C14H12ClN3O3S/c1-2-12-17-18-14(22-12)16-11(19)4-3-8-5-9(15)13-10(6-8)20-7-21-13/h3-6H,2,7H2,1H3,(H,16,18,19). The van der Waals surface area contributed by atoms with Crippen molar-refractivity contribution >= 4 is 40.1 Å². The number of aromatic nitrogens is 2. The minimum absolute atomic E-state index is 0.152. The van der Waals surface area contributed by atoms with Crippen LogP contribution in [0.5, 0.6) is 11.5 Å². The fourth-order valence-corrected chi connectivity index (χ4v) is 2.81. The topological polar surface area (TPSA) is 73.3 Å². The van der Waals surface area contributed by atoms with Gasteiger partial charge >= 0.3 is 0 Å². The van der Waals surface area contributed by atoms with E-state index in [1.807, 2.05) is 6.92 Å². The zero-order valence-corrected chi connectivity index (χ0v) is 13.2. The number of rotatable bonds is 4. The highest BCUT2D eigenvalue weighted by Crippen LogP contribution is 2.40. The Bertz CT molecular complexity index is 745. The molecule has 0 atom stereocenters. The number of carbonyl (C=O) groups excluding carboxylic acids is 1. The predicted molar refractivity (Wildman–Crippen MR) is 84.5 cm³/mol. The Morgan fingerprint density at radius 2 is 2.32 bits per heavy atom. The van der Waals surface area contributed by atoms with E-state index in [1.54, 1.807) is 18.2 Å². The molecule has 2 heterocycles. The Morgan fingerprint density at radius 1 is 1.45 bits per heavy atom. The van der Waals surface area contributed by atoms with Crippen molar-refractivity contribution in [2.75, 3.05) is 12.1 Å². The molecule has 6 nitrogen and oxygen atoms in total. The Labute approximate surface area is 135 Å². The first-order valence-corrected chi connectivity index (χ1v) is 7.75. The van der Waals surface area contributed by atoms with E-state index in [0.29, 0.717) is 21.7 Å². The third-order valence-corrected chi connectivity index (χ3v) is 4.14. The van der Waals surface area contributed by atoms with Crippen molar-refractivity contribution < 1.29 is 14.3 Å². The highest BCUT2D eigenvalue weighted by molar-refractivity contribution is 7.15. The lowest BCUT2D eigenvalue weighted by Crippen LogP contribution is -2.07. The van der Waals surface area contributed by atoms with Gasteiger partial charge in [-0.3, -0.25) is 10.1 Å². The molecule has 22 heavy (non-hydrogen) atoms. The molecule has 0 unspecified atom stereocenters. The summed E-state index contributed by atoms with van der Waals surface area (Å²) in [6.07, 6.45) is 3.84. The largest absolute Gasteiger partial charge is 0.454 e. The van der Waals surface area contributed by atoms with Crippen LogP contribution in [0.4, 0.5) is 5.13 Å². The highest BCUT2D eigenvalue weighted by Gasteiger charge is 2.17. The van der Waals surface area contributed by atoms with Crippen molar-refractivity contribution in [1.29, 1.82) is 0 Å². The van der Waals surface area contributed by atoms with Crippen LogP contribution in [0.2, 0.25) is 5.02 Å². The molecule has 1 amide bonds. The van der Waals surface area contributed by atoms with Crippen molar-refractivity contribution in [2.45, 2.75) is 13.3 Å². The van der Waals surface area contributed by atoms with Crippen LogP contribution in [0.15, 0.2) is 18.2 Å². The zero-order chi connectivity index (χ0) is 15.5. The molecule has 114 valence electrons. The number of aryl methyl sites for hydroxylation is 1. The maximum Gasteiger partial charge on any atom is 0.250 e. The van der Waals surface area contributed by atoms with E-state index in [1.165, 1.54) is 17.4 Å². The lowest BCUT2D eigenvalue weighted by molar-refractivity contribution is -0.111. The van der Waals surface area contributed by atoms with Gasteiger partial charge in [0.1, 0.15) is 5.01 Å². The van der Waals surface area contributed by atoms with Crippen LogP contribution < -0.4 is 14.8 Å². The van der Waals surface area contributed by atoms with Crippen molar-refractivity contribution in [3.63, 3.8) is 0 Å². The van der Waals surface area contributed by atoms with Gasteiger partial charge in [-0.05, 0) is 30.2 Å². The van der Waals surface area contributed by atoms with Gasteiger partial charge in [0.05, 0.1) is 5.02 Å².